The molecule has 1 aliphatic rings. The zero-order valence-corrected chi connectivity index (χ0v) is 18.0. The van der Waals surface area contributed by atoms with E-state index in [1.54, 1.807) is 11.3 Å². The van der Waals surface area contributed by atoms with Crippen molar-refractivity contribution in [2.75, 3.05) is 26.2 Å². The molecule has 1 fully saturated rings. The van der Waals surface area contributed by atoms with Crippen LogP contribution in [0.3, 0.4) is 0 Å². The SMILES string of the molecule is CCNC(=NCCc1csc(C(C)C)n1)N1CCCC(C)C1.I. The summed E-state index contributed by atoms with van der Waals surface area (Å²) in [6.45, 7) is 12.9. The molecule has 0 saturated carbocycles. The second-order valence-corrected chi connectivity index (χ2v) is 7.40. The molecule has 0 aromatic carbocycles. The summed E-state index contributed by atoms with van der Waals surface area (Å²) in [5, 5.41) is 6.85. The number of hydrogen-bond acceptors (Lipinski definition) is 3. The van der Waals surface area contributed by atoms with Crippen molar-refractivity contribution in [3.63, 3.8) is 0 Å². The van der Waals surface area contributed by atoms with Crippen LogP contribution < -0.4 is 5.32 Å². The van der Waals surface area contributed by atoms with E-state index < -0.39 is 0 Å². The van der Waals surface area contributed by atoms with Crippen LogP contribution in [0.5, 0.6) is 0 Å². The third-order valence-electron chi connectivity index (χ3n) is 3.98. The molecule has 0 amide bonds. The van der Waals surface area contributed by atoms with Gasteiger partial charge in [-0.05, 0) is 25.7 Å². The first-order valence-corrected chi connectivity index (χ1v) is 9.45. The summed E-state index contributed by atoms with van der Waals surface area (Å²) < 4.78 is 0. The Morgan fingerprint density at radius 1 is 1.52 bits per heavy atom. The quantitative estimate of drug-likeness (QED) is 0.417. The molecule has 1 unspecified atom stereocenters. The van der Waals surface area contributed by atoms with Crippen LogP contribution >= 0.6 is 35.3 Å². The van der Waals surface area contributed by atoms with Gasteiger partial charge in [0.05, 0.1) is 10.7 Å². The van der Waals surface area contributed by atoms with E-state index >= 15 is 0 Å². The fourth-order valence-corrected chi connectivity index (χ4v) is 3.66. The van der Waals surface area contributed by atoms with Crippen LogP contribution in [-0.4, -0.2) is 42.0 Å². The summed E-state index contributed by atoms with van der Waals surface area (Å²) >= 11 is 1.77. The van der Waals surface area contributed by atoms with Crippen molar-refractivity contribution >= 4 is 41.3 Å². The molecule has 0 spiro atoms. The molecule has 0 radical (unpaired) electrons. The van der Waals surface area contributed by atoms with Crippen molar-refractivity contribution in [3.8, 4) is 0 Å². The second-order valence-electron chi connectivity index (χ2n) is 6.51. The van der Waals surface area contributed by atoms with E-state index in [-0.39, 0.29) is 24.0 Å². The first-order chi connectivity index (χ1) is 10.6. The molecule has 2 heterocycles. The number of thiazole rings is 1. The molecular weight excluding hydrogens is 419 g/mol. The van der Waals surface area contributed by atoms with Gasteiger partial charge in [0.15, 0.2) is 5.96 Å². The fraction of sp³-hybridized carbons (Fsp3) is 0.765. The molecule has 0 bridgehead atoms. The predicted molar refractivity (Wildman–Crippen MR) is 111 cm³/mol. The number of hydrogen-bond donors (Lipinski definition) is 1. The van der Waals surface area contributed by atoms with Gasteiger partial charge in [-0.3, -0.25) is 4.99 Å². The topological polar surface area (TPSA) is 40.5 Å². The van der Waals surface area contributed by atoms with Crippen LogP contribution in [-0.2, 0) is 6.42 Å². The van der Waals surface area contributed by atoms with Crippen LogP contribution in [0.2, 0.25) is 0 Å². The number of aliphatic imine (C=N–C) groups is 1. The summed E-state index contributed by atoms with van der Waals surface area (Å²) in [6, 6.07) is 0. The molecule has 0 aliphatic carbocycles. The first kappa shape index (κ1) is 20.7. The van der Waals surface area contributed by atoms with Crippen molar-refractivity contribution in [1.29, 1.82) is 0 Å². The maximum atomic E-state index is 4.82. The Hall–Kier alpha value is -0.370. The molecule has 1 aliphatic heterocycles. The van der Waals surface area contributed by atoms with Crippen molar-refractivity contribution in [2.24, 2.45) is 10.9 Å². The Kier molecular flexibility index (Phi) is 9.43. The largest absolute Gasteiger partial charge is 0.357 e. The van der Waals surface area contributed by atoms with E-state index in [1.807, 2.05) is 0 Å². The third-order valence-corrected chi connectivity index (χ3v) is 5.18. The minimum Gasteiger partial charge on any atom is -0.357 e. The Bertz CT molecular complexity index is 487. The van der Waals surface area contributed by atoms with Gasteiger partial charge in [0.25, 0.3) is 0 Å². The first-order valence-electron chi connectivity index (χ1n) is 8.57. The minimum atomic E-state index is 0. The molecule has 2 rings (SSSR count). The van der Waals surface area contributed by atoms with E-state index in [4.69, 9.17) is 9.98 Å². The maximum Gasteiger partial charge on any atom is 0.193 e. The van der Waals surface area contributed by atoms with Crippen LogP contribution in [0.4, 0.5) is 0 Å². The van der Waals surface area contributed by atoms with Crippen molar-refractivity contribution in [2.45, 2.75) is 52.9 Å². The molecule has 23 heavy (non-hydrogen) atoms. The molecular formula is C17H31IN4S. The van der Waals surface area contributed by atoms with Crippen LogP contribution in [0.1, 0.15) is 57.2 Å². The van der Waals surface area contributed by atoms with E-state index in [1.165, 1.54) is 23.5 Å². The molecule has 4 nitrogen and oxygen atoms in total. The number of aromatic nitrogens is 1. The Balaban J connectivity index is 0.00000264. The number of halogens is 1. The lowest BCUT2D eigenvalue weighted by molar-refractivity contribution is 0.266. The molecule has 6 heteroatoms. The predicted octanol–water partition coefficient (Wildman–Crippen LogP) is 4.12. The second kappa shape index (κ2) is 10.5. The van der Waals surface area contributed by atoms with Gasteiger partial charge in [-0.25, -0.2) is 4.98 Å². The summed E-state index contributed by atoms with van der Waals surface area (Å²) in [4.78, 5) is 11.9. The average molecular weight is 450 g/mol. The Labute approximate surface area is 162 Å². The molecule has 1 aromatic rings. The summed E-state index contributed by atoms with van der Waals surface area (Å²) in [6.07, 6.45) is 3.55. The van der Waals surface area contributed by atoms with Gasteiger partial charge in [0.1, 0.15) is 0 Å². The lowest BCUT2D eigenvalue weighted by Crippen LogP contribution is -2.46. The van der Waals surface area contributed by atoms with Crippen molar-refractivity contribution < 1.29 is 0 Å². The number of piperidine rings is 1. The maximum absolute atomic E-state index is 4.82. The fourth-order valence-electron chi connectivity index (χ4n) is 2.79. The standard InChI is InChI=1S/C17H30N4S.HI/c1-5-18-17(21-10-6-7-14(4)11-21)19-9-8-15-12-22-16(20-15)13(2)3;/h12-14H,5-11H2,1-4H3,(H,18,19);1H. The highest BCUT2D eigenvalue weighted by Gasteiger charge is 2.19. The normalized spacial score (nSPS) is 18.9. The van der Waals surface area contributed by atoms with E-state index in [9.17, 15) is 0 Å². The summed E-state index contributed by atoms with van der Waals surface area (Å²) in [5.41, 5.74) is 1.18. The van der Waals surface area contributed by atoms with Crippen LogP contribution in [0.25, 0.3) is 0 Å². The van der Waals surface area contributed by atoms with E-state index in [0.29, 0.717) is 5.92 Å². The van der Waals surface area contributed by atoms with Gasteiger partial charge in [-0.1, -0.05) is 20.8 Å². The number of likely N-dealkylation sites (tertiary alicyclic amines) is 1. The summed E-state index contributed by atoms with van der Waals surface area (Å²) in [7, 11) is 0. The molecule has 1 N–H and O–H groups in total. The van der Waals surface area contributed by atoms with Gasteiger partial charge < -0.3 is 10.2 Å². The number of guanidine groups is 1. The lowest BCUT2D eigenvalue weighted by atomic mass is 10.0. The van der Waals surface area contributed by atoms with Crippen molar-refractivity contribution in [3.05, 3.63) is 16.1 Å². The van der Waals surface area contributed by atoms with Gasteiger partial charge in [0.2, 0.25) is 0 Å². The highest BCUT2D eigenvalue weighted by Crippen LogP contribution is 2.19. The Morgan fingerprint density at radius 3 is 2.91 bits per heavy atom. The monoisotopic (exact) mass is 450 g/mol. The third kappa shape index (κ3) is 6.57. The van der Waals surface area contributed by atoms with E-state index in [0.717, 1.165) is 44.5 Å². The lowest BCUT2D eigenvalue weighted by Gasteiger charge is -2.33. The number of rotatable bonds is 5. The highest BCUT2D eigenvalue weighted by molar-refractivity contribution is 14.0. The average Bonchev–Trinajstić information content (AvgIpc) is 2.95. The van der Waals surface area contributed by atoms with Crippen LogP contribution in [0, 0.1) is 5.92 Å². The van der Waals surface area contributed by atoms with Gasteiger partial charge in [0, 0.05) is 43.9 Å². The van der Waals surface area contributed by atoms with E-state index in [2.05, 4.69) is 43.3 Å². The molecule has 132 valence electrons. The molecule has 1 atom stereocenters. The highest BCUT2D eigenvalue weighted by atomic mass is 127. The summed E-state index contributed by atoms with van der Waals surface area (Å²) in [5.74, 6) is 2.37. The Morgan fingerprint density at radius 2 is 2.30 bits per heavy atom. The number of nitrogens with zero attached hydrogens (tertiary/aromatic N) is 3. The zero-order valence-electron chi connectivity index (χ0n) is 14.8. The van der Waals surface area contributed by atoms with Crippen molar-refractivity contribution in [1.82, 2.24) is 15.2 Å². The smallest absolute Gasteiger partial charge is 0.193 e. The number of nitrogens with one attached hydrogen (secondary N) is 1. The minimum absolute atomic E-state index is 0. The van der Waals surface area contributed by atoms with Gasteiger partial charge in [-0.2, -0.15) is 0 Å². The molecule has 1 aromatic heterocycles. The molecule has 1 saturated heterocycles. The zero-order chi connectivity index (χ0) is 15.9. The van der Waals surface area contributed by atoms with Gasteiger partial charge in [-0.15, -0.1) is 35.3 Å². The van der Waals surface area contributed by atoms with Crippen LogP contribution in [0.15, 0.2) is 10.4 Å². The van der Waals surface area contributed by atoms with Gasteiger partial charge >= 0.3 is 0 Å².